The molecule has 68 valence electrons. The molecule has 0 fully saturated rings. The summed E-state index contributed by atoms with van der Waals surface area (Å²) in [4.78, 5) is 21.3. The smallest absolute Gasteiger partial charge is 0.253 e. The zero-order chi connectivity index (χ0) is 10.0. The Kier molecular flexibility index (Phi) is 3.31. The van der Waals surface area contributed by atoms with Crippen molar-refractivity contribution in [2.75, 3.05) is 0 Å². The number of rotatable bonds is 2. The van der Waals surface area contributed by atoms with Crippen molar-refractivity contribution >= 4 is 46.3 Å². The van der Waals surface area contributed by atoms with E-state index in [4.69, 9.17) is 34.8 Å². The third kappa shape index (κ3) is 2.21. The Hall–Kier alpha value is -0.570. The largest absolute Gasteiger partial charge is 0.298 e. The van der Waals surface area contributed by atoms with E-state index in [0.29, 0.717) is 6.29 Å². The third-order valence-electron chi connectivity index (χ3n) is 1.42. The van der Waals surface area contributed by atoms with Crippen LogP contribution in [0.4, 0.5) is 0 Å². The molecule has 2 nitrogen and oxygen atoms in total. The Morgan fingerprint density at radius 1 is 1.31 bits per heavy atom. The molecule has 0 saturated heterocycles. The molecule has 0 aliphatic heterocycles. The lowest BCUT2D eigenvalue weighted by atomic mass is 10.1. The quantitative estimate of drug-likeness (QED) is 0.585. The predicted octanol–water partition coefficient (Wildman–Crippen LogP) is 3.18. The molecule has 0 heterocycles. The van der Waals surface area contributed by atoms with Gasteiger partial charge in [-0.3, -0.25) is 9.59 Å². The highest BCUT2D eigenvalue weighted by molar-refractivity contribution is 6.68. The average molecular weight is 237 g/mol. The van der Waals surface area contributed by atoms with Crippen LogP contribution in [-0.4, -0.2) is 11.5 Å². The first-order chi connectivity index (χ1) is 6.06. The van der Waals surface area contributed by atoms with Crippen molar-refractivity contribution in [1.82, 2.24) is 0 Å². The van der Waals surface area contributed by atoms with Crippen LogP contribution < -0.4 is 0 Å². The maximum absolute atomic E-state index is 10.8. The van der Waals surface area contributed by atoms with Gasteiger partial charge < -0.3 is 0 Å². The minimum Gasteiger partial charge on any atom is -0.298 e. The lowest BCUT2D eigenvalue weighted by Gasteiger charge is -2.02. The van der Waals surface area contributed by atoms with Gasteiger partial charge in [-0.15, -0.1) is 0 Å². The van der Waals surface area contributed by atoms with E-state index in [1.807, 2.05) is 0 Å². The van der Waals surface area contributed by atoms with Crippen molar-refractivity contribution in [3.8, 4) is 0 Å². The summed E-state index contributed by atoms with van der Waals surface area (Å²) in [5.41, 5.74) is 0.0835. The summed E-state index contributed by atoms with van der Waals surface area (Å²) >= 11 is 16.5. The van der Waals surface area contributed by atoms with Gasteiger partial charge in [-0.1, -0.05) is 23.2 Å². The molecule has 0 unspecified atom stereocenters. The highest BCUT2D eigenvalue weighted by Gasteiger charge is 2.13. The fraction of sp³-hybridized carbons (Fsp3) is 0. The SMILES string of the molecule is O=Cc1c(Cl)cc(Cl)cc1C(=O)Cl. The second-order valence-corrected chi connectivity index (χ2v) is 3.43. The average Bonchev–Trinajstić information content (AvgIpc) is 2.02. The fourth-order valence-electron chi connectivity index (χ4n) is 0.867. The van der Waals surface area contributed by atoms with Gasteiger partial charge >= 0.3 is 0 Å². The molecule has 0 aliphatic carbocycles. The Labute approximate surface area is 89.4 Å². The van der Waals surface area contributed by atoms with Crippen molar-refractivity contribution in [3.63, 3.8) is 0 Å². The van der Waals surface area contributed by atoms with E-state index in [1.165, 1.54) is 12.1 Å². The Balaban J connectivity index is 3.46. The first-order valence-corrected chi connectivity index (χ1v) is 4.33. The molecule has 0 spiro atoms. The fourth-order valence-corrected chi connectivity index (χ4v) is 1.56. The molecule has 13 heavy (non-hydrogen) atoms. The molecule has 0 amide bonds. The molecular formula is C8H3Cl3O2. The van der Waals surface area contributed by atoms with Crippen LogP contribution in [-0.2, 0) is 0 Å². The van der Waals surface area contributed by atoms with Crippen molar-refractivity contribution < 1.29 is 9.59 Å². The van der Waals surface area contributed by atoms with Gasteiger partial charge in [-0.25, -0.2) is 0 Å². The predicted molar refractivity (Wildman–Crippen MR) is 52.0 cm³/mol. The standard InChI is InChI=1S/C8H3Cl3O2/c9-4-1-5(8(11)13)6(3-12)7(10)2-4/h1-3H. The number of aldehydes is 1. The lowest BCUT2D eigenvalue weighted by Crippen LogP contribution is -1.97. The summed E-state index contributed by atoms with van der Waals surface area (Å²) in [7, 11) is 0. The van der Waals surface area contributed by atoms with Gasteiger partial charge in [-0.05, 0) is 23.7 Å². The maximum atomic E-state index is 10.8. The van der Waals surface area contributed by atoms with E-state index < -0.39 is 5.24 Å². The third-order valence-corrected chi connectivity index (χ3v) is 2.16. The van der Waals surface area contributed by atoms with Gasteiger partial charge in [0.15, 0.2) is 6.29 Å². The summed E-state index contributed by atoms with van der Waals surface area (Å²) in [6, 6.07) is 2.67. The van der Waals surface area contributed by atoms with Crippen molar-refractivity contribution in [2.24, 2.45) is 0 Å². The van der Waals surface area contributed by atoms with Gasteiger partial charge in [0.2, 0.25) is 0 Å². The highest BCUT2D eigenvalue weighted by Crippen LogP contribution is 2.25. The van der Waals surface area contributed by atoms with Crippen LogP contribution in [0.15, 0.2) is 12.1 Å². The second-order valence-electron chi connectivity index (χ2n) is 2.24. The first kappa shape index (κ1) is 10.5. The van der Waals surface area contributed by atoms with E-state index in [-0.39, 0.29) is 21.2 Å². The molecule has 5 heteroatoms. The summed E-state index contributed by atoms with van der Waals surface area (Å²) in [5.74, 6) is 0. The van der Waals surface area contributed by atoms with Crippen molar-refractivity contribution in [2.45, 2.75) is 0 Å². The van der Waals surface area contributed by atoms with Crippen molar-refractivity contribution in [3.05, 3.63) is 33.3 Å². The monoisotopic (exact) mass is 236 g/mol. The number of hydrogen-bond acceptors (Lipinski definition) is 2. The van der Waals surface area contributed by atoms with Crippen LogP contribution in [0.2, 0.25) is 10.0 Å². The molecule has 0 aliphatic rings. The van der Waals surface area contributed by atoms with Crippen LogP contribution in [0, 0.1) is 0 Å². The maximum Gasteiger partial charge on any atom is 0.253 e. The Morgan fingerprint density at radius 2 is 1.92 bits per heavy atom. The van der Waals surface area contributed by atoms with Crippen LogP contribution in [0.1, 0.15) is 20.7 Å². The summed E-state index contributed by atoms with van der Waals surface area (Å²) < 4.78 is 0. The van der Waals surface area contributed by atoms with E-state index in [1.54, 1.807) is 0 Å². The van der Waals surface area contributed by atoms with E-state index in [9.17, 15) is 9.59 Å². The molecule has 0 atom stereocenters. The Bertz CT molecular complexity index is 374. The first-order valence-electron chi connectivity index (χ1n) is 3.20. The van der Waals surface area contributed by atoms with Crippen LogP contribution in [0.5, 0.6) is 0 Å². The number of benzene rings is 1. The summed E-state index contributed by atoms with van der Waals surface area (Å²) in [6.07, 6.45) is 0.467. The molecule has 0 aromatic heterocycles. The van der Waals surface area contributed by atoms with Crippen LogP contribution in [0.3, 0.4) is 0 Å². The molecule has 1 rings (SSSR count). The second kappa shape index (κ2) is 4.09. The molecule has 1 aromatic rings. The molecule has 0 radical (unpaired) electrons. The normalized spacial score (nSPS) is 9.77. The van der Waals surface area contributed by atoms with Crippen molar-refractivity contribution in [1.29, 1.82) is 0 Å². The van der Waals surface area contributed by atoms with Gasteiger partial charge in [-0.2, -0.15) is 0 Å². The van der Waals surface area contributed by atoms with Crippen LogP contribution >= 0.6 is 34.8 Å². The zero-order valence-electron chi connectivity index (χ0n) is 6.18. The summed E-state index contributed by atoms with van der Waals surface area (Å²) in [5, 5.41) is -0.377. The van der Waals surface area contributed by atoms with Crippen LogP contribution in [0.25, 0.3) is 0 Å². The molecule has 0 bridgehead atoms. The van der Waals surface area contributed by atoms with E-state index in [2.05, 4.69) is 0 Å². The molecule has 0 N–H and O–H groups in total. The minimum absolute atomic E-state index is 0.0224. The number of halogens is 3. The number of carbonyl (C=O) groups excluding carboxylic acids is 2. The van der Waals surface area contributed by atoms with E-state index >= 15 is 0 Å². The summed E-state index contributed by atoms with van der Waals surface area (Å²) in [6.45, 7) is 0. The number of hydrogen-bond donors (Lipinski definition) is 0. The highest BCUT2D eigenvalue weighted by atomic mass is 35.5. The molecular weight excluding hydrogens is 234 g/mol. The minimum atomic E-state index is -0.758. The molecule has 0 saturated carbocycles. The Morgan fingerprint density at radius 3 is 2.38 bits per heavy atom. The van der Waals surface area contributed by atoms with Gasteiger partial charge in [0.25, 0.3) is 5.24 Å². The van der Waals surface area contributed by atoms with E-state index in [0.717, 1.165) is 0 Å². The van der Waals surface area contributed by atoms with Gasteiger partial charge in [0.1, 0.15) is 0 Å². The topological polar surface area (TPSA) is 34.1 Å². The lowest BCUT2D eigenvalue weighted by molar-refractivity contribution is 0.106. The van der Waals surface area contributed by atoms with Gasteiger partial charge in [0.05, 0.1) is 5.02 Å². The van der Waals surface area contributed by atoms with Gasteiger partial charge in [0, 0.05) is 16.1 Å². The molecule has 1 aromatic carbocycles. The zero-order valence-corrected chi connectivity index (χ0v) is 8.45. The number of carbonyl (C=O) groups is 2.